The molecule has 0 unspecified atom stereocenters. The number of fused-ring (bicyclic) bond motifs is 4. The largest absolute Gasteiger partial charge is 0.338 e. The molecule has 0 saturated heterocycles. The number of carbonyl (C=O) groups is 2. The topological polar surface area (TPSA) is 39.1 Å². The van der Waals surface area contributed by atoms with Crippen LogP contribution in [0.5, 0.6) is 0 Å². The van der Waals surface area contributed by atoms with Crippen LogP contribution in [0.1, 0.15) is 55.2 Å². The van der Waals surface area contributed by atoms with E-state index in [1.54, 1.807) is 0 Å². The van der Waals surface area contributed by atoms with Gasteiger partial charge in [-0.2, -0.15) is 0 Å². The van der Waals surface area contributed by atoms with Crippen molar-refractivity contribution in [3.63, 3.8) is 0 Å². The predicted octanol–water partition coefficient (Wildman–Crippen LogP) is 3.93. The van der Waals surface area contributed by atoms with E-state index in [1.165, 1.54) is 0 Å². The number of ketones is 2. The van der Waals surface area contributed by atoms with Crippen molar-refractivity contribution in [3.8, 4) is 0 Å². The summed E-state index contributed by atoms with van der Waals surface area (Å²) in [6.07, 6.45) is 2.20. The molecule has 0 radical (unpaired) electrons. The molecule has 0 atom stereocenters. The van der Waals surface area contributed by atoms with Gasteiger partial charge in [0.1, 0.15) is 0 Å². The van der Waals surface area contributed by atoms with Crippen LogP contribution in [0.3, 0.4) is 0 Å². The van der Waals surface area contributed by atoms with Crippen molar-refractivity contribution in [3.05, 3.63) is 41.1 Å². The first-order chi connectivity index (χ1) is 10.1. The summed E-state index contributed by atoms with van der Waals surface area (Å²) in [5, 5.41) is 0.980. The highest BCUT2D eigenvalue weighted by atomic mass is 16.1. The van der Waals surface area contributed by atoms with Crippen LogP contribution in [0.2, 0.25) is 0 Å². The molecule has 3 heteroatoms. The van der Waals surface area contributed by atoms with Crippen molar-refractivity contribution < 1.29 is 9.59 Å². The standard InChI is InChI=1S/C18H17NO2/c1-10(2)19-13-8-4-3-6-11(13)16-17(19)12-7-5-9-14(20)15(12)18(16)21/h3-4,6,8,10H,5,7,9H2,1-2H3. The van der Waals surface area contributed by atoms with Crippen molar-refractivity contribution in [2.24, 2.45) is 0 Å². The third-order valence-corrected chi connectivity index (χ3v) is 4.58. The Morgan fingerprint density at radius 2 is 1.86 bits per heavy atom. The normalized spacial score (nSPS) is 17.9. The van der Waals surface area contributed by atoms with Crippen LogP contribution >= 0.6 is 0 Å². The van der Waals surface area contributed by atoms with Crippen molar-refractivity contribution in [1.82, 2.24) is 4.57 Å². The summed E-state index contributed by atoms with van der Waals surface area (Å²) in [5.74, 6) is -0.0304. The molecule has 4 rings (SSSR count). The summed E-state index contributed by atoms with van der Waals surface area (Å²) in [4.78, 5) is 25.0. The second-order valence-corrected chi connectivity index (χ2v) is 6.16. The Morgan fingerprint density at radius 3 is 2.62 bits per heavy atom. The van der Waals surface area contributed by atoms with Crippen molar-refractivity contribution in [1.29, 1.82) is 0 Å². The fourth-order valence-electron chi connectivity index (χ4n) is 3.80. The van der Waals surface area contributed by atoms with E-state index in [1.807, 2.05) is 18.2 Å². The summed E-state index contributed by atoms with van der Waals surface area (Å²) in [6, 6.07) is 8.27. The molecule has 2 aliphatic rings. The summed E-state index contributed by atoms with van der Waals surface area (Å²) >= 11 is 0. The number of hydrogen-bond donors (Lipinski definition) is 0. The summed E-state index contributed by atoms with van der Waals surface area (Å²) in [6.45, 7) is 4.25. The van der Waals surface area contributed by atoms with Crippen LogP contribution in [-0.4, -0.2) is 16.1 Å². The Bertz CT molecular complexity index is 836. The van der Waals surface area contributed by atoms with Gasteiger partial charge in [0, 0.05) is 23.4 Å². The lowest BCUT2D eigenvalue weighted by Gasteiger charge is -2.18. The molecule has 0 fully saturated rings. The number of Topliss-reactive ketones (excluding diaryl/α,β-unsaturated/α-hetero) is 2. The molecule has 2 aliphatic carbocycles. The van der Waals surface area contributed by atoms with Crippen LogP contribution in [0.15, 0.2) is 29.8 Å². The molecule has 0 aliphatic heterocycles. The van der Waals surface area contributed by atoms with E-state index in [-0.39, 0.29) is 17.6 Å². The second kappa shape index (κ2) is 4.17. The van der Waals surface area contributed by atoms with E-state index < -0.39 is 0 Å². The van der Waals surface area contributed by atoms with E-state index in [0.29, 0.717) is 12.0 Å². The van der Waals surface area contributed by atoms with Gasteiger partial charge in [0.05, 0.1) is 16.8 Å². The highest BCUT2D eigenvalue weighted by molar-refractivity contribution is 6.38. The van der Waals surface area contributed by atoms with E-state index in [2.05, 4.69) is 24.5 Å². The van der Waals surface area contributed by atoms with Gasteiger partial charge in [0.15, 0.2) is 11.6 Å². The molecule has 1 aromatic carbocycles. The Morgan fingerprint density at radius 1 is 1.10 bits per heavy atom. The Balaban J connectivity index is 2.14. The number of aromatic nitrogens is 1. The van der Waals surface area contributed by atoms with Crippen molar-refractivity contribution in [2.45, 2.75) is 39.2 Å². The lowest BCUT2D eigenvalue weighted by molar-refractivity contribution is -0.115. The molecule has 1 aromatic heterocycles. The first-order valence-corrected chi connectivity index (χ1v) is 7.55. The van der Waals surface area contributed by atoms with Gasteiger partial charge in [-0.25, -0.2) is 0 Å². The van der Waals surface area contributed by atoms with Gasteiger partial charge in [0.2, 0.25) is 0 Å². The lowest BCUT2D eigenvalue weighted by Crippen LogP contribution is -2.14. The molecule has 0 amide bonds. The van der Waals surface area contributed by atoms with Gasteiger partial charge in [-0.1, -0.05) is 18.2 Å². The molecular weight excluding hydrogens is 262 g/mol. The Hall–Kier alpha value is -2.16. The maximum Gasteiger partial charge on any atom is 0.199 e. The molecule has 0 N–H and O–H groups in total. The number of para-hydroxylation sites is 1. The van der Waals surface area contributed by atoms with Crippen LogP contribution < -0.4 is 0 Å². The van der Waals surface area contributed by atoms with E-state index in [0.717, 1.165) is 40.6 Å². The van der Waals surface area contributed by atoms with Gasteiger partial charge in [-0.05, 0) is 38.3 Å². The zero-order valence-corrected chi connectivity index (χ0v) is 12.3. The summed E-state index contributed by atoms with van der Waals surface area (Å²) in [5.41, 5.74) is 4.29. The molecule has 0 bridgehead atoms. The number of carbonyl (C=O) groups excluding carboxylic acids is 2. The molecule has 0 spiro atoms. The first kappa shape index (κ1) is 12.6. The molecule has 1 heterocycles. The number of allylic oxidation sites excluding steroid dienone is 2. The van der Waals surface area contributed by atoms with Crippen LogP contribution in [0.25, 0.3) is 16.5 Å². The highest BCUT2D eigenvalue weighted by Crippen LogP contribution is 2.45. The lowest BCUT2D eigenvalue weighted by atomic mass is 9.91. The SMILES string of the molecule is CC(C)n1c2c(c3ccccc31)C(=O)C1=C2CCCC1=O. The van der Waals surface area contributed by atoms with E-state index in [4.69, 9.17) is 0 Å². The fraction of sp³-hybridized carbons (Fsp3) is 0.333. The van der Waals surface area contributed by atoms with Gasteiger partial charge >= 0.3 is 0 Å². The first-order valence-electron chi connectivity index (χ1n) is 7.55. The van der Waals surface area contributed by atoms with Crippen molar-refractivity contribution >= 4 is 28.0 Å². The van der Waals surface area contributed by atoms with Crippen molar-refractivity contribution in [2.75, 3.05) is 0 Å². The minimum Gasteiger partial charge on any atom is -0.338 e. The smallest absolute Gasteiger partial charge is 0.199 e. The summed E-state index contributed by atoms with van der Waals surface area (Å²) in [7, 11) is 0. The second-order valence-electron chi connectivity index (χ2n) is 6.16. The van der Waals surface area contributed by atoms with E-state index >= 15 is 0 Å². The number of rotatable bonds is 1. The fourth-order valence-corrected chi connectivity index (χ4v) is 3.80. The zero-order valence-electron chi connectivity index (χ0n) is 12.3. The molecular formula is C18H17NO2. The minimum absolute atomic E-state index is 0.0248. The van der Waals surface area contributed by atoms with Crippen LogP contribution in [0.4, 0.5) is 0 Å². The molecule has 2 aromatic rings. The van der Waals surface area contributed by atoms with Gasteiger partial charge in [0.25, 0.3) is 0 Å². The molecule has 21 heavy (non-hydrogen) atoms. The quantitative estimate of drug-likeness (QED) is 0.742. The number of hydrogen-bond acceptors (Lipinski definition) is 2. The summed E-state index contributed by atoms with van der Waals surface area (Å²) < 4.78 is 2.23. The third kappa shape index (κ3) is 1.49. The Labute approximate surface area is 123 Å². The molecule has 0 saturated carbocycles. The predicted molar refractivity (Wildman–Crippen MR) is 82.4 cm³/mol. The average Bonchev–Trinajstić information content (AvgIpc) is 2.94. The van der Waals surface area contributed by atoms with Gasteiger partial charge < -0.3 is 4.57 Å². The van der Waals surface area contributed by atoms with Crippen LogP contribution in [-0.2, 0) is 4.79 Å². The maximum absolute atomic E-state index is 12.8. The number of nitrogens with zero attached hydrogens (tertiary/aromatic N) is 1. The van der Waals surface area contributed by atoms with Crippen LogP contribution in [0, 0.1) is 0 Å². The Kier molecular flexibility index (Phi) is 2.49. The zero-order chi connectivity index (χ0) is 14.7. The number of benzene rings is 1. The van der Waals surface area contributed by atoms with Gasteiger partial charge in [-0.15, -0.1) is 0 Å². The van der Waals surface area contributed by atoms with Gasteiger partial charge in [-0.3, -0.25) is 9.59 Å². The average molecular weight is 279 g/mol. The monoisotopic (exact) mass is 279 g/mol. The third-order valence-electron chi connectivity index (χ3n) is 4.58. The molecule has 3 nitrogen and oxygen atoms in total. The minimum atomic E-state index is -0.0553. The molecule has 106 valence electrons. The maximum atomic E-state index is 12.8. The highest BCUT2D eigenvalue weighted by Gasteiger charge is 2.40. The van der Waals surface area contributed by atoms with E-state index in [9.17, 15) is 9.59 Å².